The molecule has 0 aromatic rings. The van der Waals surface area contributed by atoms with Crippen molar-refractivity contribution in [3.8, 4) is 0 Å². The van der Waals surface area contributed by atoms with Gasteiger partial charge >= 0.3 is 0 Å². The second kappa shape index (κ2) is 3.75. The maximum atomic E-state index is 10.2. The minimum Gasteiger partial charge on any atom is -0.303 e. The van der Waals surface area contributed by atoms with E-state index in [9.17, 15) is 4.79 Å². The Morgan fingerprint density at radius 2 is 1.90 bits per heavy atom. The highest BCUT2D eigenvalue weighted by atomic mass is 16.1. The summed E-state index contributed by atoms with van der Waals surface area (Å²) in [5, 5.41) is 0. The standard InChI is InChI=1S/C9H16O/c1-8-2-4-9(5-3-8)6-7-10/h7-9H,2-6H2,1H3/t8-,9+. The van der Waals surface area contributed by atoms with Gasteiger partial charge < -0.3 is 4.79 Å². The van der Waals surface area contributed by atoms with Crippen LogP contribution in [0, 0.1) is 11.8 Å². The van der Waals surface area contributed by atoms with Crippen molar-refractivity contribution in [2.45, 2.75) is 39.0 Å². The van der Waals surface area contributed by atoms with E-state index >= 15 is 0 Å². The summed E-state index contributed by atoms with van der Waals surface area (Å²) in [6.45, 7) is 2.30. The van der Waals surface area contributed by atoms with Crippen molar-refractivity contribution in [2.75, 3.05) is 0 Å². The molecule has 0 unspecified atom stereocenters. The highest BCUT2D eigenvalue weighted by Crippen LogP contribution is 2.29. The summed E-state index contributed by atoms with van der Waals surface area (Å²) in [6, 6.07) is 0. The number of hydrogen-bond acceptors (Lipinski definition) is 1. The van der Waals surface area contributed by atoms with Crippen molar-refractivity contribution in [2.24, 2.45) is 11.8 Å². The lowest BCUT2D eigenvalue weighted by atomic mass is 9.82. The topological polar surface area (TPSA) is 17.1 Å². The first-order valence-corrected chi connectivity index (χ1v) is 4.26. The van der Waals surface area contributed by atoms with Crippen LogP contribution in [-0.4, -0.2) is 6.29 Å². The Morgan fingerprint density at radius 1 is 1.30 bits per heavy atom. The van der Waals surface area contributed by atoms with Gasteiger partial charge in [0.25, 0.3) is 0 Å². The molecule has 1 saturated carbocycles. The molecule has 0 aromatic heterocycles. The lowest BCUT2D eigenvalue weighted by Gasteiger charge is -2.24. The lowest BCUT2D eigenvalue weighted by Crippen LogP contribution is -2.12. The normalized spacial score (nSPS) is 33.7. The molecule has 0 aliphatic heterocycles. The molecular weight excluding hydrogens is 124 g/mol. The van der Waals surface area contributed by atoms with Crippen LogP contribution in [0.5, 0.6) is 0 Å². The van der Waals surface area contributed by atoms with Gasteiger partial charge in [0.15, 0.2) is 0 Å². The predicted molar refractivity (Wildman–Crippen MR) is 41.8 cm³/mol. The molecule has 0 heterocycles. The van der Waals surface area contributed by atoms with Crippen molar-refractivity contribution in [1.82, 2.24) is 0 Å². The van der Waals surface area contributed by atoms with Gasteiger partial charge in [-0.1, -0.05) is 19.8 Å². The summed E-state index contributed by atoms with van der Waals surface area (Å²) in [5.41, 5.74) is 0. The maximum Gasteiger partial charge on any atom is 0.120 e. The molecule has 0 spiro atoms. The van der Waals surface area contributed by atoms with Crippen molar-refractivity contribution >= 4 is 6.29 Å². The minimum absolute atomic E-state index is 0.716. The first kappa shape index (κ1) is 7.77. The average molecular weight is 140 g/mol. The highest BCUT2D eigenvalue weighted by molar-refractivity contribution is 5.49. The van der Waals surface area contributed by atoms with Gasteiger partial charge in [0.05, 0.1) is 0 Å². The van der Waals surface area contributed by atoms with E-state index in [2.05, 4.69) is 6.92 Å². The van der Waals surface area contributed by atoms with Crippen molar-refractivity contribution in [1.29, 1.82) is 0 Å². The molecule has 0 aromatic carbocycles. The number of aldehydes is 1. The Hall–Kier alpha value is -0.330. The van der Waals surface area contributed by atoms with Gasteiger partial charge in [0.2, 0.25) is 0 Å². The molecule has 1 fully saturated rings. The Kier molecular flexibility index (Phi) is 2.91. The van der Waals surface area contributed by atoms with Crippen molar-refractivity contribution in [3.63, 3.8) is 0 Å². The Morgan fingerprint density at radius 3 is 2.40 bits per heavy atom. The Bertz CT molecular complexity index is 101. The first-order valence-electron chi connectivity index (χ1n) is 4.26. The molecule has 1 rings (SSSR count). The number of rotatable bonds is 2. The van der Waals surface area contributed by atoms with Crippen LogP contribution in [-0.2, 0) is 4.79 Å². The fraction of sp³-hybridized carbons (Fsp3) is 0.889. The Labute approximate surface area is 62.8 Å². The Balaban J connectivity index is 2.19. The molecule has 0 saturated heterocycles. The van der Waals surface area contributed by atoms with Gasteiger partial charge in [-0.25, -0.2) is 0 Å². The number of carbonyl (C=O) groups is 1. The van der Waals surface area contributed by atoms with E-state index < -0.39 is 0 Å². The molecule has 0 amide bonds. The van der Waals surface area contributed by atoms with Crippen LogP contribution >= 0.6 is 0 Å². The van der Waals surface area contributed by atoms with Crippen LogP contribution in [0.25, 0.3) is 0 Å². The molecular formula is C9H16O. The first-order chi connectivity index (χ1) is 4.83. The van der Waals surface area contributed by atoms with Gasteiger partial charge in [-0.2, -0.15) is 0 Å². The molecule has 0 N–H and O–H groups in total. The fourth-order valence-corrected chi connectivity index (χ4v) is 1.70. The number of hydrogen-bond donors (Lipinski definition) is 0. The largest absolute Gasteiger partial charge is 0.303 e. The molecule has 10 heavy (non-hydrogen) atoms. The van der Waals surface area contributed by atoms with Crippen LogP contribution in [0.4, 0.5) is 0 Å². The molecule has 1 aliphatic carbocycles. The summed E-state index contributed by atoms with van der Waals surface area (Å²) >= 11 is 0. The van der Waals surface area contributed by atoms with E-state index in [1.54, 1.807) is 0 Å². The third-order valence-corrected chi connectivity index (χ3v) is 2.56. The summed E-state index contributed by atoms with van der Waals surface area (Å²) in [4.78, 5) is 10.2. The molecule has 1 heteroatoms. The van der Waals surface area contributed by atoms with Gasteiger partial charge in [-0.15, -0.1) is 0 Å². The zero-order valence-electron chi connectivity index (χ0n) is 6.68. The van der Waals surface area contributed by atoms with E-state index in [1.165, 1.54) is 25.7 Å². The zero-order valence-corrected chi connectivity index (χ0v) is 6.68. The minimum atomic E-state index is 0.716. The molecule has 58 valence electrons. The quantitative estimate of drug-likeness (QED) is 0.538. The van der Waals surface area contributed by atoms with Crippen LogP contribution in [0.15, 0.2) is 0 Å². The van der Waals surface area contributed by atoms with Crippen molar-refractivity contribution in [3.05, 3.63) is 0 Å². The predicted octanol–water partition coefficient (Wildman–Crippen LogP) is 2.40. The van der Waals surface area contributed by atoms with Gasteiger partial charge in [0, 0.05) is 6.42 Å². The summed E-state index contributed by atoms with van der Waals surface area (Å²) in [6.07, 6.45) is 7.09. The second-order valence-corrected chi connectivity index (χ2v) is 3.53. The molecule has 0 bridgehead atoms. The number of carbonyl (C=O) groups excluding carboxylic acids is 1. The second-order valence-electron chi connectivity index (χ2n) is 3.53. The van der Waals surface area contributed by atoms with Gasteiger partial charge in [-0.3, -0.25) is 0 Å². The van der Waals surface area contributed by atoms with E-state index in [0.717, 1.165) is 18.6 Å². The van der Waals surface area contributed by atoms with Crippen LogP contribution in [0.1, 0.15) is 39.0 Å². The van der Waals surface area contributed by atoms with Crippen LogP contribution in [0.3, 0.4) is 0 Å². The monoisotopic (exact) mass is 140 g/mol. The van der Waals surface area contributed by atoms with Crippen LogP contribution in [0.2, 0.25) is 0 Å². The van der Waals surface area contributed by atoms with Gasteiger partial charge in [0.1, 0.15) is 6.29 Å². The SMILES string of the molecule is C[C@H]1CC[C@@H](CC=O)CC1. The van der Waals surface area contributed by atoms with E-state index in [-0.39, 0.29) is 0 Å². The third kappa shape index (κ3) is 2.13. The highest BCUT2D eigenvalue weighted by Gasteiger charge is 2.16. The molecule has 0 radical (unpaired) electrons. The summed E-state index contributed by atoms with van der Waals surface area (Å²) in [5.74, 6) is 1.62. The molecule has 0 atom stereocenters. The van der Waals surface area contributed by atoms with Crippen LogP contribution < -0.4 is 0 Å². The smallest absolute Gasteiger partial charge is 0.120 e. The molecule has 1 aliphatic rings. The lowest BCUT2D eigenvalue weighted by molar-refractivity contribution is -0.108. The maximum absolute atomic E-state index is 10.2. The summed E-state index contributed by atoms with van der Waals surface area (Å²) < 4.78 is 0. The fourth-order valence-electron chi connectivity index (χ4n) is 1.70. The van der Waals surface area contributed by atoms with E-state index in [0.29, 0.717) is 5.92 Å². The van der Waals surface area contributed by atoms with Crippen molar-refractivity contribution < 1.29 is 4.79 Å². The molecule has 1 nitrogen and oxygen atoms in total. The van der Waals surface area contributed by atoms with E-state index in [4.69, 9.17) is 0 Å². The average Bonchev–Trinajstić information content (AvgIpc) is 1.95. The van der Waals surface area contributed by atoms with Gasteiger partial charge in [-0.05, 0) is 24.7 Å². The zero-order chi connectivity index (χ0) is 7.40. The summed E-state index contributed by atoms with van der Waals surface area (Å²) in [7, 11) is 0. The third-order valence-electron chi connectivity index (χ3n) is 2.56. The van der Waals surface area contributed by atoms with E-state index in [1.807, 2.05) is 0 Å².